The van der Waals surface area contributed by atoms with Crippen molar-refractivity contribution in [2.45, 2.75) is 19.9 Å². The second-order valence-corrected chi connectivity index (χ2v) is 6.10. The van der Waals surface area contributed by atoms with Gasteiger partial charge in [0.1, 0.15) is 11.3 Å². The lowest BCUT2D eigenvalue weighted by Crippen LogP contribution is -2.27. The summed E-state index contributed by atoms with van der Waals surface area (Å²) in [6, 6.07) is 10.7. The molecule has 6 nitrogen and oxygen atoms in total. The zero-order valence-electron chi connectivity index (χ0n) is 15.1. The van der Waals surface area contributed by atoms with E-state index in [0.717, 1.165) is 22.2 Å². The maximum atomic E-state index is 12.8. The molecule has 0 saturated carbocycles. The number of H-pyrrole nitrogens is 1. The van der Waals surface area contributed by atoms with Gasteiger partial charge >= 0.3 is 0 Å². The molecule has 1 amide bonds. The lowest BCUT2D eigenvalue weighted by atomic mass is 10.1. The Labute approximate surface area is 151 Å². The maximum Gasteiger partial charge on any atom is 0.254 e. The predicted molar refractivity (Wildman–Crippen MR) is 101 cm³/mol. The topological polar surface area (TPSA) is 75.3 Å². The zero-order valence-corrected chi connectivity index (χ0v) is 15.1. The van der Waals surface area contributed by atoms with E-state index >= 15 is 0 Å². The van der Waals surface area contributed by atoms with E-state index in [9.17, 15) is 9.59 Å². The van der Waals surface area contributed by atoms with E-state index < -0.39 is 0 Å². The molecule has 0 fully saturated rings. The van der Waals surface area contributed by atoms with E-state index in [2.05, 4.69) is 9.97 Å². The fourth-order valence-electron chi connectivity index (χ4n) is 2.97. The molecule has 6 heteroatoms. The summed E-state index contributed by atoms with van der Waals surface area (Å²) in [7, 11) is 3.33. The molecule has 0 bridgehead atoms. The van der Waals surface area contributed by atoms with Gasteiger partial charge in [0.05, 0.1) is 7.11 Å². The Bertz CT molecular complexity index is 1010. The Hall–Kier alpha value is -3.15. The van der Waals surface area contributed by atoms with Crippen LogP contribution in [0.1, 0.15) is 28.5 Å². The third kappa shape index (κ3) is 3.44. The first-order chi connectivity index (χ1) is 12.5. The summed E-state index contributed by atoms with van der Waals surface area (Å²) >= 11 is 0. The van der Waals surface area contributed by atoms with Gasteiger partial charge in [0.25, 0.3) is 5.91 Å². The molecule has 0 unspecified atom stereocenters. The molecule has 3 aromatic rings. The molecule has 3 rings (SSSR count). The highest BCUT2D eigenvalue weighted by atomic mass is 16.5. The van der Waals surface area contributed by atoms with E-state index in [1.54, 1.807) is 31.3 Å². The Morgan fingerprint density at radius 3 is 2.81 bits per heavy atom. The number of amides is 1. The van der Waals surface area contributed by atoms with Crippen molar-refractivity contribution in [3.63, 3.8) is 0 Å². The molecular weight excluding hydrogens is 330 g/mol. The largest absolute Gasteiger partial charge is 0.494 e. The second-order valence-electron chi connectivity index (χ2n) is 6.10. The minimum Gasteiger partial charge on any atom is -0.494 e. The fraction of sp³-hybridized carbons (Fsp3) is 0.250. The molecule has 0 radical (unpaired) electrons. The average molecular weight is 351 g/mol. The van der Waals surface area contributed by atoms with Gasteiger partial charge in [-0.1, -0.05) is 19.1 Å². The smallest absolute Gasteiger partial charge is 0.254 e. The van der Waals surface area contributed by atoms with Crippen LogP contribution in [-0.4, -0.2) is 34.9 Å². The Balaban J connectivity index is 1.92. The van der Waals surface area contributed by atoms with Crippen molar-refractivity contribution in [1.29, 1.82) is 0 Å². The van der Waals surface area contributed by atoms with Gasteiger partial charge in [-0.25, -0.2) is 0 Å². The predicted octanol–water partition coefficient (Wildman–Crippen LogP) is 2.77. The van der Waals surface area contributed by atoms with Crippen LogP contribution in [0.3, 0.4) is 0 Å². The third-order valence-corrected chi connectivity index (χ3v) is 4.33. The summed E-state index contributed by atoms with van der Waals surface area (Å²) in [5.41, 5.74) is 2.60. The van der Waals surface area contributed by atoms with E-state index in [1.165, 1.54) is 6.07 Å². The monoisotopic (exact) mass is 351 g/mol. The molecule has 134 valence electrons. The molecule has 26 heavy (non-hydrogen) atoms. The van der Waals surface area contributed by atoms with Crippen LogP contribution in [0.15, 0.2) is 47.4 Å². The van der Waals surface area contributed by atoms with Gasteiger partial charge in [0.2, 0.25) is 5.56 Å². The molecule has 0 spiro atoms. The van der Waals surface area contributed by atoms with Crippen molar-refractivity contribution >= 4 is 16.8 Å². The first-order valence-corrected chi connectivity index (χ1v) is 8.42. The number of carbonyl (C=O) groups is 1. The van der Waals surface area contributed by atoms with Crippen LogP contribution in [0, 0.1) is 0 Å². The van der Waals surface area contributed by atoms with Crippen LogP contribution < -0.4 is 10.3 Å². The van der Waals surface area contributed by atoms with Crippen molar-refractivity contribution in [3.8, 4) is 5.75 Å². The molecule has 2 heterocycles. The summed E-state index contributed by atoms with van der Waals surface area (Å²) in [5.74, 6) is 0.499. The molecule has 0 atom stereocenters. The molecule has 0 aliphatic heterocycles. The number of hydrogen-bond acceptors (Lipinski definition) is 4. The normalized spacial score (nSPS) is 10.7. The number of methoxy groups -OCH3 is 1. The number of rotatable bonds is 5. The quantitative estimate of drug-likeness (QED) is 0.767. The molecule has 0 aliphatic carbocycles. The van der Waals surface area contributed by atoms with Gasteiger partial charge in [-0.15, -0.1) is 0 Å². The summed E-state index contributed by atoms with van der Waals surface area (Å²) in [5, 5.41) is 0.937. The van der Waals surface area contributed by atoms with Crippen LogP contribution in [0.2, 0.25) is 0 Å². The number of pyridine rings is 2. The summed E-state index contributed by atoms with van der Waals surface area (Å²) in [6.07, 6.45) is 2.38. The number of carbonyl (C=O) groups excluding carboxylic acids is 1. The van der Waals surface area contributed by atoms with Crippen molar-refractivity contribution in [1.82, 2.24) is 14.9 Å². The number of nitrogens with one attached hydrogen (secondary N) is 1. The number of aryl methyl sites for hydroxylation is 1. The van der Waals surface area contributed by atoms with E-state index in [4.69, 9.17) is 4.74 Å². The van der Waals surface area contributed by atoms with Crippen molar-refractivity contribution < 1.29 is 9.53 Å². The van der Waals surface area contributed by atoms with E-state index in [1.807, 2.05) is 31.2 Å². The van der Waals surface area contributed by atoms with Crippen LogP contribution >= 0.6 is 0 Å². The lowest BCUT2D eigenvalue weighted by molar-refractivity contribution is 0.0785. The summed E-state index contributed by atoms with van der Waals surface area (Å²) in [6.45, 7) is 2.33. The highest BCUT2D eigenvalue weighted by Crippen LogP contribution is 2.27. The molecule has 1 aromatic carbocycles. The Morgan fingerprint density at radius 2 is 2.08 bits per heavy atom. The van der Waals surface area contributed by atoms with Gasteiger partial charge in [0, 0.05) is 42.5 Å². The SMILES string of the molecule is CCc1cc(C(=O)N(C)Cc2ccc(OC)c3ncccc23)cc(=O)[nH]1. The highest BCUT2D eigenvalue weighted by molar-refractivity contribution is 5.94. The number of aromatic amines is 1. The minimum absolute atomic E-state index is 0.196. The number of nitrogens with zero attached hydrogens (tertiary/aromatic N) is 2. The van der Waals surface area contributed by atoms with Gasteiger partial charge in [-0.2, -0.15) is 0 Å². The van der Waals surface area contributed by atoms with E-state index in [0.29, 0.717) is 24.3 Å². The number of hydrogen-bond donors (Lipinski definition) is 1. The molecule has 2 aromatic heterocycles. The van der Waals surface area contributed by atoms with Crippen LogP contribution in [0.25, 0.3) is 10.9 Å². The standard InChI is InChI=1S/C20H21N3O3/c1-4-15-10-14(11-18(24)22-15)20(25)23(2)12-13-7-8-17(26-3)19-16(13)6-5-9-21-19/h5-11H,4,12H2,1-3H3,(H,22,24). The van der Waals surface area contributed by atoms with Crippen LogP contribution in [0.4, 0.5) is 0 Å². The van der Waals surface area contributed by atoms with Gasteiger partial charge in [0.15, 0.2) is 0 Å². The van der Waals surface area contributed by atoms with Crippen molar-refractivity contribution in [2.75, 3.05) is 14.2 Å². The first-order valence-electron chi connectivity index (χ1n) is 8.42. The molecular formula is C20H21N3O3. The Morgan fingerprint density at radius 1 is 1.27 bits per heavy atom. The second kappa shape index (κ2) is 7.39. The Kier molecular flexibility index (Phi) is 5.02. The van der Waals surface area contributed by atoms with Crippen molar-refractivity contribution in [2.24, 2.45) is 0 Å². The number of benzene rings is 1. The zero-order chi connectivity index (χ0) is 18.7. The molecule has 0 aliphatic rings. The van der Waals surface area contributed by atoms with Crippen LogP contribution in [0.5, 0.6) is 5.75 Å². The van der Waals surface area contributed by atoms with Gasteiger partial charge < -0.3 is 14.6 Å². The number of aromatic nitrogens is 2. The van der Waals surface area contributed by atoms with E-state index in [-0.39, 0.29) is 11.5 Å². The lowest BCUT2D eigenvalue weighted by Gasteiger charge is -2.19. The average Bonchev–Trinajstić information content (AvgIpc) is 2.67. The summed E-state index contributed by atoms with van der Waals surface area (Å²) < 4.78 is 5.36. The van der Waals surface area contributed by atoms with Crippen LogP contribution in [-0.2, 0) is 13.0 Å². The third-order valence-electron chi connectivity index (χ3n) is 4.33. The minimum atomic E-state index is -0.264. The highest BCUT2D eigenvalue weighted by Gasteiger charge is 2.16. The summed E-state index contributed by atoms with van der Waals surface area (Å²) in [4.78, 5) is 33.2. The maximum absolute atomic E-state index is 12.8. The molecule has 1 N–H and O–H groups in total. The van der Waals surface area contributed by atoms with Gasteiger partial charge in [-0.3, -0.25) is 14.6 Å². The first kappa shape index (κ1) is 17.7. The van der Waals surface area contributed by atoms with Crippen molar-refractivity contribution in [3.05, 3.63) is 69.8 Å². The fourth-order valence-corrected chi connectivity index (χ4v) is 2.97. The molecule has 0 saturated heterocycles. The van der Waals surface area contributed by atoms with Gasteiger partial charge in [-0.05, 0) is 30.2 Å². The number of ether oxygens (including phenoxy) is 1. The number of fused-ring (bicyclic) bond motifs is 1.